The summed E-state index contributed by atoms with van der Waals surface area (Å²) in [6.07, 6.45) is 1.99. The largest absolute Gasteiger partial charge is 0.465 e. The van der Waals surface area contributed by atoms with Crippen LogP contribution in [0.15, 0.2) is 0 Å². The van der Waals surface area contributed by atoms with E-state index in [1.165, 1.54) is 0 Å². The topological polar surface area (TPSA) is 52.6 Å². The van der Waals surface area contributed by atoms with Gasteiger partial charge in [-0.3, -0.25) is 9.59 Å². The van der Waals surface area contributed by atoms with Crippen LogP contribution in [0.1, 0.15) is 53.9 Å². The summed E-state index contributed by atoms with van der Waals surface area (Å²) in [5.74, 6) is -0.991. The Morgan fingerprint density at radius 1 is 0.895 bits per heavy atom. The molecule has 0 saturated carbocycles. The molecule has 0 aliphatic heterocycles. The Bertz CT molecular complexity index is 253. The molecule has 1 unspecified atom stereocenters. The molecule has 0 radical (unpaired) electrons. The van der Waals surface area contributed by atoms with Gasteiger partial charge in [-0.1, -0.05) is 34.6 Å². The Morgan fingerprint density at radius 2 is 1.32 bits per heavy atom. The van der Waals surface area contributed by atoms with Crippen LogP contribution in [0.25, 0.3) is 0 Å². The molecule has 0 saturated heterocycles. The number of hydrogen-bond acceptors (Lipinski definition) is 4. The third-order valence-corrected chi connectivity index (χ3v) is 3.21. The van der Waals surface area contributed by atoms with E-state index in [-0.39, 0.29) is 5.92 Å². The van der Waals surface area contributed by atoms with Gasteiger partial charge < -0.3 is 9.47 Å². The van der Waals surface area contributed by atoms with Gasteiger partial charge in [0.05, 0.1) is 13.2 Å². The van der Waals surface area contributed by atoms with Gasteiger partial charge >= 0.3 is 11.9 Å². The van der Waals surface area contributed by atoms with Crippen LogP contribution >= 0.6 is 0 Å². The molecule has 0 aliphatic rings. The molecular weight excluding hydrogens is 244 g/mol. The minimum atomic E-state index is -0.782. The predicted octanol–water partition coefficient (Wildman–Crippen LogP) is 3.19. The molecule has 0 aromatic rings. The molecule has 1 atom stereocenters. The third-order valence-electron chi connectivity index (χ3n) is 3.21. The number of rotatable bonds is 9. The van der Waals surface area contributed by atoms with Gasteiger partial charge in [-0.25, -0.2) is 0 Å². The first-order valence-corrected chi connectivity index (χ1v) is 7.27. The first kappa shape index (κ1) is 17.9. The normalized spacial score (nSPS) is 12.6. The zero-order valence-corrected chi connectivity index (χ0v) is 12.9. The molecule has 0 heterocycles. The first-order valence-electron chi connectivity index (χ1n) is 7.27. The van der Waals surface area contributed by atoms with Crippen molar-refractivity contribution in [2.45, 2.75) is 53.9 Å². The predicted molar refractivity (Wildman–Crippen MR) is 74.6 cm³/mol. The zero-order valence-electron chi connectivity index (χ0n) is 12.9. The second kappa shape index (κ2) is 9.82. The van der Waals surface area contributed by atoms with Crippen LogP contribution in [0.2, 0.25) is 0 Å². The highest BCUT2D eigenvalue weighted by molar-refractivity contribution is 5.94. The van der Waals surface area contributed by atoms with Gasteiger partial charge in [0.1, 0.15) is 0 Å². The number of carbonyl (C=O) groups excluding carboxylic acids is 2. The summed E-state index contributed by atoms with van der Waals surface area (Å²) in [5, 5.41) is 0. The van der Waals surface area contributed by atoms with Gasteiger partial charge in [-0.15, -0.1) is 0 Å². The summed E-state index contributed by atoms with van der Waals surface area (Å²) >= 11 is 0. The number of ether oxygens (including phenoxy) is 2. The number of carbonyl (C=O) groups is 2. The Morgan fingerprint density at radius 3 is 1.63 bits per heavy atom. The highest BCUT2D eigenvalue weighted by Crippen LogP contribution is 2.22. The molecule has 0 aliphatic carbocycles. The Hall–Kier alpha value is -1.06. The molecule has 0 amide bonds. The lowest BCUT2D eigenvalue weighted by molar-refractivity contribution is -0.163. The minimum absolute atomic E-state index is 0.272. The average molecular weight is 272 g/mol. The molecule has 4 nitrogen and oxygen atoms in total. The monoisotopic (exact) mass is 272 g/mol. The molecule has 0 aromatic carbocycles. The standard InChI is InChI=1S/C15H28O4/c1-6-8-18-14(16)13(10-12(5)11(3)4)15(17)19-9-7-2/h11-13H,6-10H2,1-5H3. The van der Waals surface area contributed by atoms with E-state index in [9.17, 15) is 9.59 Å². The van der Waals surface area contributed by atoms with Crippen molar-refractivity contribution in [3.05, 3.63) is 0 Å². The van der Waals surface area contributed by atoms with Gasteiger partial charge in [0.15, 0.2) is 5.92 Å². The maximum absolute atomic E-state index is 11.9. The van der Waals surface area contributed by atoms with E-state index < -0.39 is 17.9 Å². The Kier molecular flexibility index (Phi) is 9.27. The van der Waals surface area contributed by atoms with Crippen molar-refractivity contribution >= 4 is 11.9 Å². The summed E-state index contributed by atoms with van der Waals surface area (Å²) in [5.41, 5.74) is 0. The molecule has 0 rings (SSSR count). The summed E-state index contributed by atoms with van der Waals surface area (Å²) < 4.78 is 10.2. The van der Waals surface area contributed by atoms with Gasteiger partial charge in [0, 0.05) is 0 Å². The highest BCUT2D eigenvalue weighted by Gasteiger charge is 2.31. The van der Waals surface area contributed by atoms with Crippen LogP contribution < -0.4 is 0 Å². The van der Waals surface area contributed by atoms with E-state index in [1.54, 1.807) is 0 Å². The molecule has 19 heavy (non-hydrogen) atoms. The maximum Gasteiger partial charge on any atom is 0.320 e. The van der Waals surface area contributed by atoms with Crippen LogP contribution in [-0.4, -0.2) is 25.2 Å². The maximum atomic E-state index is 11.9. The van der Waals surface area contributed by atoms with Crippen molar-refractivity contribution in [3.63, 3.8) is 0 Å². The van der Waals surface area contributed by atoms with Crippen molar-refractivity contribution in [1.29, 1.82) is 0 Å². The van der Waals surface area contributed by atoms with Crippen molar-refractivity contribution in [3.8, 4) is 0 Å². The molecule has 0 bridgehead atoms. The Labute approximate surface area is 116 Å². The summed E-state index contributed by atoms with van der Waals surface area (Å²) in [7, 11) is 0. The molecule has 0 fully saturated rings. The first-order chi connectivity index (χ1) is 8.93. The fourth-order valence-corrected chi connectivity index (χ4v) is 1.54. The third kappa shape index (κ3) is 7.19. The average Bonchev–Trinajstić information content (AvgIpc) is 2.38. The highest BCUT2D eigenvalue weighted by atomic mass is 16.6. The fraction of sp³-hybridized carbons (Fsp3) is 0.867. The quantitative estimate of drug-likeness (QED) is 0.478. The van der Waals surface area contributed by atoms with E-state index in [4.69, 9.17) is 9.47 Å². The van der Waals surface area contributed by atoms with Crippen molar-refractivity contribution in [1.82, 2.24) is 0 Å². The number of hydrogen-bond donors (Lipinski definition) is 0. The van der Waals surface area contributed by atoms with Gasteiger partial charge in [-0.2, -0.15) is 0 Å². The molecule has 0 N–H and O–H groups in total. The van der Waals surface area contributed by atoms with Crippen LogP contribution in [0.3, 0.4) is 0 Å². The van der Waals surface area contributed by atoms with Gasteiger partial charge in [0.2, 0.25) is 0 Å². The number of esters is 2. The van der Waals surface area contributed by atoms with E-state index in [1.807, 2.05) is 20.8 Å². The van der Waals surface area contributed by atoms with Gasteiger partial charge in [-0.05, 0) is 31.1 Å². The SMILES string of the molecule is CCCOC(=O)C(CC(C)C(C)C)C(=O)OCCC. The zero-order chi connectivity index (χ0) is 14.8. The molecule has 0 aromatic heterocycles. The van der Waals surface area contributed by atoms with Crippen molar-refractivity contribution in [2.24, 2.45) is 17.8 Å². The fourth-order valence-electron chi connectivity index (χ4n) is 1.54. The molecule has 112 valence electrons. The smallest absolute Gasteiger partial charge is 0.320 e. The van der Waals surface area contributed by atoms with Crippen LogP contribution in [0.5, 0.6) is 0 Å². The summed E-state index contributed by atoms with van der Waals surface area (Å²) in [4.78, 5) is 23.9. The van der Waals surface area contributed by atoms with E-state index >= 15 is 0 Å². The van der Waals surface area contributed by atoms with E-state index in [0.717, 1.165) is 12.8 Å². The van der Waals surface area contributed by atoms with E-state index in [0.29, 0.717) is 25.6 Å². The molecule has 4 heteroatoms. The Balaban J connectivity index is 4.62. The van der Waals surface area contributed by atoms with Crippen LogP contribution in [0, 0.1) is 17.8 Å². The summed E-state index contributed by atoms with van der Waals surface area (Å²) in [6.45, 7) is 10.8. The second-order valence-corrected chi connectivity index (χ2v) is 5.34. The lowest BCUT2D eigenvalue weighted by Crippen LogP contribution is -2.31. The molecular formula is C15H28O4. The second-order valence-electron chi connectivity index (χ2n) is 5.34. The van der Waals surface area contributed by atoms with Crippen molar-refractivity contribution < 1.29 is 19.1 Å². The van der Waals surface area contributed by atoms with Gasteiger partial charge in [0.25, 0.3) is 0 Å². The van der Waals surface area contributed by atoms with Crippen LogP contribution in [-0.2, 0) is 19.1 Å². The lowest BCUT2D eigenvalue weighted by Gasteiger charge is -2.21. The van der Waals surface area contributed by atoms with E-state index in [2.05, 4.69) is 13.8 Å². The summed E-state index contributed by atoms with van der Waals surface area (Å²) in [6, 6.07) is 0. The molecule has 0 spiro atoms. The van der Waals surface area contributed by atoms with Crippen molar-refractivity contribution in [2.75, 3.05) is 13.2 Å². The van der Waals surface area contributed by atoms with Crippen LogP contribution in [0.4, 0.5) is 0 Å². The minimum Gasteiger partial charge on any atom is -0.465 e. The lowest BCUT2D eigenvalue weighted by atomic mass is 9.88.